The Bertz CT molecular complexity index is 707. The zero-order valence-electron chi connectivity index (χ0n) is 19.5. The molecule has 29 heavy (non-hydrogen) atoms. The third-order valence-corrected chi connectivity index (χ3v) is 5.90. The van der Waals surface area contributed by atoms with Gasteiger partial charge in [0.15, 0.2) is 11.6 Å². The molecule has 7 heteroatoms. The maximum atomic E-state index is 6.35. The standard InChI is InChI=1S/C22H41N7/c1-19(2)10-14(11-20(3,4)28-19)24-17-9-16(23)18(27-26-17)25-15-12-21(5,6)29-22(7,8)13-15/h9,14-15,28-29H,10-13H2,1-8H3,(H,25,27)(H3,23,24,26). The molecule has 0 radical (unpaired) electrons. The third-order valence-electron chi connectivity index (χ3n) is 5.90. The minimum Gasteiger partial charge on any atom is -0.396 e. The van der Waals surface area contributed by atoms with Crippen LogP contribution in [-0.4, -0.2) is 44.4 Å². The zero-order valence-corrected chi connectivity index (χ0v) is 19.5. The quantitative estimate of drug-likeness (QED) is 0.524. The molecule has 2 aliphatic heterocycles. The van der Waals surface area contributed by atoms with Crippen LogP contribution in [0.2, 0.25) is 0 Å². The smallest absolute Gasteiger partial charge is 0.172 e. The van der Waals surface area contributed by atoms with E-state index in [2.05, 4.69) is 86.9 Å². The summed E-state index contributed by atoms with van der Waals surface area (Å²) < 4.78 is 0. The molecule has 2 fully saturated rings. The number of hydrogen-bond donors (Lipinski definition) is 5. The second-order valence-corrected chi connectivity index (χ2v) is 11.8. The minimum absolute atomic E-state index is 0.0672. The van der Waals surface area contributed by atoms with Crippen LogP contribution in [0.1, 0.15) is 81.1 Å². The summed E-state index contributed by atoms with van der Waals surface area (Å²) in [5.74, 6) is 1.43. The van der Waals surface area contributed by atoms with Crippen LogP contribution in [0.3, 0.4) is 0 Å². The van der Waals surface area contributed by atoms with Gasteiger partial charge in [-0.05, 0) is 81.1 Å². The molecule has 0 bridgehead atoms. The van der Waals surface area contributed by atoms with Gasteiger partial charge in [-0.1, -0.05) is 0 Å². The molecule has 164 valence electrons. The van der Waals surface area contributed by atoms with E-state index in [9.17, 15) is 0 Å². The molecule has 2 saturated heterocycles. The molecular formula is C22H41N7. The van der Waals surface area contributed by atoms with Crippen LogP contribution in [0.5, 0.6) is 0 Å². The topological polar surface area (TPSA) is 99.9 Å². The van der Waals surface area contributed by atoms with Crippen molar-refractivity contribution in [1.29, 1.82) is 0 Å². The Hall–Kier alpha value is -1.60. The Balaban J connectivity index is 1.68. The van der Waals surface area contributed by atoms with E-state index < -0.39 is 0 Å². The van der Waals surface area contributed by atoms with Crippen molar-refractivity contribution >= 4 is 17.3 Å². The van der Waals surface area contributed by atoms with Crippen LogP contribution in [0.25, 0.3) is 0 Å². The largest absolute Gasteiger partial charge is 0.396 e. The van der Waals surface area contributed by atoms with Gasteiger partial charge in [0.2, 0.25) is 0 Å². The minimum atomic E-state index is 0.0672. The Morgan fingerprint density at radius 1 is 0.759 bits per heavy atom. The Morgan fingerprint density at radius 2 is 1.17 bits per heavy atom. The van der Waals surface area contributed by atoms with Gasteiger partial charge in [-0.25, -0.2) is 0 Å². The van der Waals surface area contributed by atoms with Crippen molar-refractivity contribution in [3.05, 3.63) is 6.07 Å². The van der Waals surface area contributed by atoms with E-state index in [0.29, 0.717) is 23.6 Å². The van der Waals surface area contributed by atoms with Gasteiger partial charge in [0.05, 0.1) is 5.69 Å². The molecule has 2 aliphatic rings. The van der Waals surface area contributed by atoms with Gasteiger partial charge >= 0.3 is 0 Å². The lowest BCUT2D eigenvalue weighted by Gasteiger charge is -2.47. The van der Waals surface area contributed by atoms with Gasteiger partial charge < -0.3 is 27.0 Å². The third kappa shape index (κ3) is 5.95. The average Bonchev–Trinajstić information content (AvgIpc) is 2.43. The zero-order chi connectivity index (χ0) is 21.7. The summed E-state index contributed by atoms with van der Waals surface area (Å²) >= 11 is 0. The summed E-state index contributed by atoms with van der Waals surface area (Å²) in [5, 5.41) is 23.4. The Labute approximate surface area is 176 Å². The number of anilines is 3. The maximum absolute atomic E-state index is 6.35. The number of nitrogens with zero attached hydrogens (tertiary/aromatic N) is 2. The fourth-order valence-corrected chi connectivity index (χ4v) is 5.84. The van der Waals surface area contributed by atoms with Gasteiger partial charge in [-0.2, -0.15) is 0 Å². The molecule has 0 spiro atoms. The molecule has 0 atom stereocenters. The van der Waals surface area contributed by atoms with Gasteiger partial charge in [-0.3, -0.25) is 0 Å². The summed E-state index contributed by atoms with van der Waals surface area (Å²) in [6.07, 6.45) is 4.07. The van der Waals surface area contributed by atoms with Crippen LogP contribution in [0, 0.1) is 0 Å². The first kappa shape index (κ1) is 22.1. The van der Waals surface area contributed by atoms with Crippen molar-refractivity contribution in [2.24, 2.45) is 0 Å². The number of aromatic nitrogens is 2. The van der Waals surface area contributed by atoms with Gasteiger partial charge in [0, 0.05) is 40.3 Å². The highest BCUT2D eigenvalue weighted by Crippen LogP contribution is 2.33. The summed E-state index contributed by atoms with van der Waals surface area (Å²) in [4.78, 5) is 0. The fourth-order valence-electron chi connectivity index (χ4n) is 5.84. The van der Waals surface area contributed by atoms with E-state index in [1.54, 1.807) is 0 Å². The summed E-state index contributed by atoms with van der Waals surface area (Å²) in [7, 11) is 0. The van der Waals surface area contributed by atoms with Crippen molar-refractivity contribution in [3.63, 3.8) is 0 Å². The Morgan fingerprint density at radius 3 is 1.59 bits per heavy atom. The van der Waals surface area contributed by atoms with E-state index in [-0.39, 0.29) is 22.2 Å². The SMILES string of the molecule is CC1(C)CC(Nc2cc(N)c(NC3CC(C)(C)NC(C)(C)C3)nn2)CC(C)(C)N1. The van der Waals surface area contributed by atoms with Crippen molar-refractivity contribution < 1.29 is 0 Å². The van der Waals surface area contributed by atoms with Crippen LogP contribution >= 0.6 is 0 Å². The van der Waals surface area contributed by atoms with E-state index in [1.165, 1.54) is 0 Å². The van der Waals surface area contributed by atoms with Crippen LogP contribution in [-0.2, 0) is 0 Å². The van der Waals surface area contributed by atoms with E-state index in [0.717, 1.165) is 31.5 Å². The van der Waals surface area contributed by atoms with Gasteiger partial charge in [0.1, 0.15) is 0 Å². The number of nitrogens with two attached hydrogens (primary N) is 1. The first-order valence-corrected chi connectivity index (χ1v) is 10.9. The van der Waals surface area contributed by atoms with Crippen molar-refractivity contribution in [3.8, 4) is 0 Å². The predicted octanol–water partition coefficient (Wildman–Crippen LogP) is 3.50. The predicted molar refractivity (Wildman–Crippen MR) is 122 cm³/mol. The number of piperidine rings is 2. The highest BCUT2D eigenvalue weighted by molar-refractivity contribution is 5.64. The highest BCUT2D eigenvalue weighted by atomic mass is 15.2. The molecule has 7 nitrogen and oxygen atoms in total. The van der Waals surface area contributed by atoms with E-state index in [4.69, 9.17) is 5.73 Å². The van der Waals surface area contributed by atoms with Gasteiger partial charge in [0.25, 0.3) is 0 Å². The molecule has 0 amide bonds. The van der Waals surface area contributed by atoms with Crippen LogP contribution < -0.4 is 27.0 Å². The monoisotopic (exact) mass is 403 g/mol. The summed E-state index contributed by atoms with van der Waals surface area (Å²) in [5.41, 5.74) is 7.29. The number of nitrogens with one attached hydrogen (secondary N) is 4. The van der Waals surface area contributed by atoms with Crippen LogP contribution in [0.4, 0.5) is 17.3 Å². The number of hydrogen-bond acceptors (Lipinski definition) is 7. The number of rotatable bonds is 4. The molecule has 0 saturated carbocycles. The first-order chi connectivity index (χ1) is 13.1. The molecule has 1 aromatic heterocycles. The lowest BCUT2D eigenvalue weighted by atomic mass is 9.79. The van der Waals surface area contributed by atoms with E-state index >= 15 is 0 Å². The summed E-state index contributed by atoms with van der Waals surface area (Å²) in [6, 6.07) is 2.55. The molecule has 3 rings (SSSR count). The average molecular weight is 404 g/mol. The molecule has 1 aromatic rings. The molecule has 0 aliphatic carbocycles. The molecule has 6 N–H and O–H groups in total. The second kappa shape index (κ2) is 7.27. The molecule has 0 aromatic carbocycles. The lowest BCUT2D eigenvalue weighted by molar-refractivity contribution is 0.169. The van der Waals surface area contributed by atoms with Crippen molar-refractivity contribution in [1.82, 2.24) is 20.8 Å². The fraction of sp³-hybridized carbons (Fsp3) is 0.818. The normalized spacial score (nSPS) is 26.1. The number of nitrogen functional groups attached to an aromatic ring is 1. The highest BCUT2D eigenvalue weighted by Gasteiger charge is 2.39. The maximum Gasteiger partial charge on any atom is 0.172 e. The second-order valence-electron chi connectivity index (χ2n) is 11.8. The van der Waals surface area contributed by atoms with Gasteiger partial charge in [-0.15, -0.1) is 10.2 Å². The molecular weight excluding hydrogens is 362 g/mol. The summed E-state index contributed by atoms with van der Waals surface area (Å²) in [6.45, 7) is 18.0. The van der Waals surface area contributed by atoms with Crippen molar-refractivity contribution in [2.75, 3.05) is 16.4 Å². The van der Waals surface area contributed by atoms with Crippen LogP contribution in [0.15, 0.2) is 6.07 Å². The Kier molecular flexibility index (Phi) is 5.54. The molecule has 0 unspecified atom stereocenters. The van der Waals surface area contributed by atoms with E-state index in [1.807, 2.05) is 6.07 Å². The first-order valence-electron chi connectivity index (χ1n) is 10.9. The van der Waals surface area contributed by atoms with Crippen molar-refractivity contribution in [2.45, 2.75) is 115 Å². The molecule has 3 heterocycles. The lowest BCUT2D eigenvalue weighted by Crippen LogP contribution is -2.60.